The average molecular weight is 409 g/mol. The summed E-state index contributed by atoms with van der Waals surface area (Å²) in [6, 6.07) is 15.5. The summed E-state index contributed by atoms with van der Waals surface area (Å²) in [6.07, 6.45) is 0.849. The average Bonchev–Trinajstić information content (AvgIpc) is 3.08. The van der Waals surface area contributed by atoms with Gasteiger partial charge in [0.1, 0.15) is 0 Å². The Balaban J connectivity index is 0.00000124. The molecule has 0 fully saturated rings. The molecule has 0 bridgehead atoms. The molecule has 1 aliphatic heterocycles. The molecule has 0 spiro atoms. The molecule has 4 rings (SSSR count). The fourth-order valence-corrected chi connectivity index (χ4v) is 4.00. The van der Waals surface area contributed by atoms with E-state index in [9.17, 15) is 9.59 Å². The summed E-state index contributed by atoms with van der Waals surface area (Å²) in [5, 5.41) is 9.95. The molecule has 1 aromatic heterocycles. The summed E-state index contributed by atoms with van der Waals surface area (Å²) in [7, 11) is 0. The summed E-state index contributed by atoms with van der Waals surface area (Å²) in [5.74, 6) is -0.830. The largest absolute Gasteiger partial charge is 0.369 e. The zero-order valence-electron chi connectivity index (χ0n) is 17.4. The molecule has 0 aliphatic carbocycles. The van der Waals surface area contributed by atoms with Gasteiger partial charge in [0.05, 0.1) is 6.54 Å². The highest BCUT2D eigenvalue weighted by molar-refractivity contribution is 5.93. The van der Waals surface area contributed by atoms with Crippen molar-refractivity contribution >= 4 is 22.7 Å². The second-order valence-corrected chi connectivity index (χ2v) is 7.09. The number of nitrogens with one attached hydrogen (secondary N) is 1. The van der Waals surface area contributed by atoms with Crippen molar-refractivity contribution in [1.29, 1.82) is 0 Å². The monoisotopic (exact) mass is 408 g/mol. The second-order valence-electron chi connectivity index (χ2n) is 7.09. The third kappa shape index (κ3) is 4.37. The number of para-hydroxylation sites is 1. The first kappa shape index (κ1) is 21.5. The number of rotatable bonds is 5. The van der Waals surface area contributed by atoms with Crippen LogP contribution in [0, 0.1) is 0 Å². The third-order valence-corrected chi connectivity index (χ3v) is 5.28. The van der Waals surface area contributed by atoms with E-state index in [1.165, 1.54) is 16.6 Å². The van der Waals surface area contributed by atoms with Gasteiger partial charge in [0.15, 0.2) is 0 Å². The van der Waals surface area contributed by atoms with Crippen molar-refractivity contribution in [2.24, 2.45) is 5.73 Å². The fraction of sp³-hybridized carbons (Fsp3) is 0.304. The fourth-order valence-electron chi connectivity index (χ4n) is 4.00. The van der Waals surface area contributed by atoms with Crippen molar-refractivity contribution in [3.8, 4) is 0 Å². The SMILES string of the molecule is CC.NC(=O)CN1CCc2c(c3ccccc3n2Cc2ccc(C(=O)NO)cc2)C1. The zero-order chi connectivity index (χ0) is 21.7. The smallest absolute Gasteiger partial charge is 0.274 e. The van der Waals surface area contributed by atoms with E-state index in [1.807, 2.05) is 38.1 Å². The van der Waals surface area contributed by atoms with Crippen LogP contribution in [0.3, 0.4) is 0 Å². The van der Waals surface area contributed by atoms with Crippen molar-refractivity contribution in [3.63, 3.8) is 0 Å². The first-order chi connectivity index (χ1) is 14.6. The summed E-state index contributed by atoms with van der Waals surface area (Å²) in [5.41, 5.74) is 12.2. The summed E-state index contributed by atoms with van der Waals surface area (Å²) in [4.78, 5) is 24.9. The molecule has 0 atom stereocenters. The predicted molar refractivity (Wildman–Crippen MR) is 116 cm³/mol. The van der Waals surface area contributed by atoms with Crippen LogP contribution in [0.15, 0.2) is 48.5 Å². The van der Waals surface area contributed by atoms with Crippen molar-refractivity contribution in [1.82, 2.24) is 14.9 Å². The van der Waals surface area contributed by atoms with Gasteiger partial charge in [-0.05, 0) is 29.3 Å². The molecule has 7 heteroatoms. The Bertz CT molecular complexity index is 1040. The van der Waals surface area contributed by atoms with Crippen molar-refractivity contribution < 1.29 is 14.8 Å². The highest BCUT2D eigenvalue weighted by Gasteiger charge is 2.24. The van der Waals surface area contributed by atoms with Crippen LogP contribution < -0.4 is 11.2 Å². The number of primary amides is 1. The normalized spacial score (nSPS) is 13.3. The van der Waals surface area contributed by atoms with Gasteiger partial charge in [-0.25, -0.2) is 5.48 Å². The number of hydrogen-bond donors (Lipinski definition) is 3. The number of carbonyl (C=O) groups excluding carboxylic acids is 2. The van der Waals surface area contributed by atoms with Crippen LogP contribution in [-0.4, -0.2) is 39.6 Å². The van der Waals surface area contributed by atoms with E-state index in [-0.39, 0.29) is 12.5 Å². The number of nitrogens with two attached hydrogens (primary N) is 1. The molecule has 0 saturated heterocycles. The van der Waals surface area contributed by atoms with Crippen molar-refractivity contribution in [3.05, 3.63) is 70.9 Å². The van der Waals surface area contributed by atoms with Crippen LogP contribution in [0.4, 0.5) is 0 Å². The van der Waals surface area contributed by atoms with Gasteiger partial charge < -0.3 is 10.3 Å². The molecule has 2 amide bonds. The Hall–Kier alpha value is -3.16. The topological polar surface area (TPSA) is 101 Å². The van der Waals surface area contributed by atoms with Gasteiger partial charge in [-0.1, -0.05) is 44.2 Å². The molecule has 7 nitrogen and oxygen atoms in total. The standard InChI is InChI=1S/C21H22N4O3.C2H6/c22-20(26)13-24-10-9-19-17(12-24)16-3-1-2-4-18(16)25(19)11-14-5-7-15(8-6-14)21(27)23-28;1-2/h1-8,28H,9-13H2,(H2,22,26)(H,23,27);1-2H3. The van der Waals surface area contributed by atoms with E-state index in [0.29, 0.717) is 18.7 Å². The lowest BCUT2D eigenvalue weighted by molar-refractivity contribution is -0.119. The van der Waals surface area contributed by atoms with E-state index < -0.39 is 5.91 Å². The maximum atomic E-state index is 11.5. The molecule has 158 valence electrons. The number of amides is 2. The number of hydroxylamine groups is 1. The highest BCUT2D eigenvalue weighted by Crippen LogP contribution is 2.31. The van der Waals surface area contributed by atoms with Crippen LogP contribution in [0.5, 0.6) is 0 Å². The number of aromatic nitrogens is 1. The molecule has 4 N–H and O–H groups in total. The number of carbonyl (C=O) groups is 2. The summed E-state index contributed by atoms with van der Waals surface area (Å²) in [6.45, 7) is 6.46. The minimum absolute atomic E-state index is 0.271. The van der Waals surface area contributed by atoms with Gasteiger partial charge in [-0.3, -0.25) is 19.7 Å². The maximum absolute atomic E-state index is 11.5. The van der Waals surface area contributed by atoms with Gasteiger partial charge in [0.25, 0.3) is 5.91 Å². The van der Waals surface area contributed by atoms with Crippen LogP contribution in [0.25, 0.3) is 10.9 Å². The molecule has 2 heterocycles. The minimum atomic E-state index is -0.523. The van der Waals surface area contributed by atoms with Gasteiger partial charge in [0.2, 0.25) is 5.91 Å². The summed E-state index contributed by atoms with van der Waals surface area (Å²) < 4.78 is 2.31. The molecule has 0 unspecified atom stereocenters. The lowest BCUT2D eigenvalue weighted by Gasteiger charge is -2.27. The molecule has 2 aromatic carbocycles. The molecular weight excluding hydrogens is 380 g/mol. The molecule has 0 radical (unpaired) electrons. The van der Waals surface area contributed by atoms with E-state index in [0.717, 1.165) is 24.0 Å². The van der Waals surface area contributed by atoms with E-state index >= 15 is 0 Å². The quantitative estimate of drug-likeness (QED) is 0.446. The van der Waals surface area contributed by atoms with Gasteiger partial charge >= 0.3 is 0 Å². The Morgan fingerprint density at radius 3 is 2.47 bits per heavy atom. The minimum Gasteiger partial charge on any atom is -0.369 e. The second kappa shape index (κ2) is 9.56. The van der Waals surface area contributed by atoms with Crippen LogP contribution in [0.1, 0.15) is 41.0 Å². The predicted octanol–water partition coefficient (Wildman–Crippen LogP) is 2.68. The molecule has 3 aromatic rings. The van der Waals surface area contributed by atoms with E-state index in [4.69, 9.17) is 10.9 Å². The maximum Gasteiger partial charge on any atom is 0.274 e. The first-order valence-corrected chi connectivity index (χ1v) is 10.2. The molecular formula is C23H28N4O3. The molecule has 0 saturated carbocycles. The van der Waals surface area contributed by atoms with E-state index in [2.05, 4.69) is 21.6 Å². The van der Waals surface area contributed by atoms with Gasteiger partial charge in [-0.15, -0.1) is 0 Å². The van der Waals surface area contributed by atoms with Crippen LogP contribution in [-0.2, 0) is 24.3 Å². The Morgan fingerprint density at radius 2 is 1.80 bits per heavy atom. The summed E-state index contributed by atoms with van der Waals surface area (Å²) >= 11 is 0. The first-order valence-electron chi connectivity index (χ1n) is 10.2. The van der Waals surface area contributed by atoms with Crippen LogP contribution in [0.2, 0.25) is 0 Å². The number of nitrogens with zero attached hydrogens (tertiary/aromatic N) is 2. The van der Waals surface area contributed by atoms with Gasteiger partial charge in [-0.2, -0.15) is 0 Å². The zero-order valence-corrected chi connectivity index (χ0v) is 17.4. The number of fused-ring (bicyclic) bond motifs is 3. The Morgan fingerprint density at radius 1 is 1.10 bits per heavy atom. The lowest BCUT2D eigenvalue weighted by atomic mass is 10.0. The van der Waals surface area contributed by atoms with E-state index in [1.54, 1.807) is 17.6 Å². The Labute approximate surface area is 176 Å². The lowest BCUT2D eigenvalue weighted by Crippen LogP contribution is -2.37. The third-order valence-electron chi connectivity index (χ3n) is 5.28. The van der Waals surface area contributed by atoms with Crippen LogP contribution >= 0.6 is 0 Å². The van der Waals surface area contributed by atoms with Crippen molar-refractivity contribution in [2.75, 3.05) is 13.1 Å². The molecule has 30 heavy (non-hydrogen) atoms. The number of hydrogen-bond acceptors (Lipinski definition) is 4. The number of benzene rings is 2. The highest BCUT2D eigenvalue weighted by atomic mass is 16.5. The Kier molecular flexibility index (Phi) is 6.87. The molecule has 1 aliphatic rings. The van der Waals surface area contributed by atoms with Crippen molar-refractivity contribution in [2.45, 2.75) is 33.4 Å². The van der Waals surface area contributed by atoms with Gasteiger partial charge in [0, 0.05) is 48.2 Å².